The van der Waals surface area contributed by atoms with E-state index in [0.717, 1.165) is 5.56 Å². The van der Waals surface area contributed by atoms with Crippen molar-refractivity contribution in [3.05, 3.63) is 35.4 Å². The molecule has 2 atom stereocenters. The summed E-state index contributed by atoms with van der Waals surface area (Å²) >= 11 is 6.01. The summed E-state index contributed by atoms with van der Waals surface area (Å²) in [7, 11) is -3.54. The number of benzene rings is 1. The Morgan fingerprint density at radius 3 is 2.24 bits per heavy atom. The van der Waals surface area contributed by atoms with Crippen molar-refractivity contribution >= 4 is 21.4 Å². The number of aliphatic hydroxyl groups excluding tert-OH is 1. The molecule has 96 valence electrons. The lowest BCUT2D eigenvalue weighted by Gasteiger charge is -2.27. The van der Waals surface area contributed by atoms with E-state index in [0.29, 0.717) is 5.56 Å². The van der Waals surface area contributed by atoms with Crippen LogP contribution in [0.5, 0.6) is 0 Å². The Morgan fingerprint density at radius 1 is 1.35 bits per heavy atom. The molecule has 1 aromatic rings. The molecule has 0 aliphatic carbocycles. The largest absolute Gasteiger partial charge is 0.385 e. The highest BCUT2D eigenvalue weighted by Crippen LogP contribution is 2.37. The predicted octanol–water partition coefficient (Wildman–Crippen LogP) is 2.42. The van der Waals surface area contributed by atoms with Gasteiger partial charge in [-0.3, -0.25) is 0 Å². The van der Waals surface area contributed by atoms with E-state index in [9.17, 15) is 13.5 Å². The lowest BCUT2D eigenvalue weighted by molar-refractivity contribution is 0.162. The molecule has 0 heterocycles. The first kappa shape index (κ1) is 14.5. The molecule has 3 nitrogen and oxygen atoms in total. The van der Waals surface area contributed by atoms with E-state index >= 15 is 0 Å². The number of hydrogen-bond acceptors (Lipinski definition) is 3. The molecule has 0 amide bonds. The fourth-order valence-corrected chi connectivity index (χ4v) is 2.99. The molecule has 5 heteroatoms. The lowest BCUT2D eigenvalue weighted by atomic mass is 10.1. The van der Waals surface area contributed by atoms with Gasteiger partial charge in [-0.2, -0.15) is 0 Å². The van der Waals surface area contributed by atoms with Gasteiger partial charge in [0.25, 0.3) is 0 Å². The molecule has 1 rings (SSSR count). The summed E-state index contributed by atoms with van der Waals surface area (Å²) in [4.78, 5) is 0. The second kappa shape index (κ2) is 4.96. The quantitative estimate of drug-likeness (QED) is 0.860. The summed E-state index contributed by atoms with van der Waals surface area (Å²) in [6, 6.07) is 6.99. The zero-order chi connectivity index (χ0) is 13.3. The molecule has 0 aromatic heterocycles. The number of aliphatic hydroxyl groups is 1. The van der Waals surface area contributed by atoms with Crippen molar-refractivity contribution in [2.75, 3.05) is 5.75 Å². The van der Waals surface area contributed by atoms with E-state index in [1.54, 1.807) is 12.1 Å². The van der Waals surface area contributed by atoms with Crippen LogP contribution in [0.1, 0.15) is 31.1 Å². The van der Waals surface area contributed by atoms with Gasteiger partial charge in [0, 0.05) is 5.75 Å². The fraction of sp³-hybridized carbons (Fsp3) is 0.500. The highest BCUT2D eigenvalue weighted by Gasteiger charge is 2.43. The van der Waals surface area contributed by atoms with Crippen molar-refractivity contribution in [2.24, 2.45) is 0 Å². The lowest BCUT2D eigenvalue weighted by Crippen LogP contribution is -2.37. The SMILES string of the molecule is CCS(=O)(=O)[C@](C)(Cl)[C@@H](O)c1ccc(C)cc1. The van der Waals surface area contributed by atoms with Crippen LogP contribution in [-0.2, 0) is 9.84 Å². The number of aryl methyl sites for hydroxylation is 1. The van der Waals surface area contributed by atoms with Crippen molar-refractivity contribution in [1.29, 1.82) is 0 Å². The van der Waals surface area contributed by atoms with Gasteiger partial charge in [-0.1, -0.05) is 48.4 Å². The van der Waals surface area contributed by atoms with E-state index in [4.69, 9.17) is 11.6 Å². The number of rotatable bonds is 4. The van der Waals surface area contributed by atoms with Crippen LogP contribution in [0.4, 0.5) is 0 Å². The number of alkyl halides is 1. The number of hydrogen-bond donors (Lipinski definition) is 1. The molecule has 0 saturated heterocycles. The summed E-state index contributed by atoms with van der Waals surface area (Å²) in [5, 5.41) is 10.1. The molecular formula is C12H17ClO3S. The maximum Gasteiger partial charge on any atom is 0.172 e. The van der Waals surface area contributed by atoms with E-state index in [-0.39, 0.29) is 5.75 Å². The molecule has 0 radical (unpaired) electrons. The molecule has 17 heavy (non-hydrogen) atoms. The van der Waals surface area contributed by atoms with Gasteiger partial charge in [0.05, 0.1) is 0 Å². The number of halogens is 1. The molecular weight excluding hydrogens is 260 g/mol. The van der Waals surface area contributed by atoms with Gasteiger partial charge in [-0.25, -0.2) is 8.42 Å². The van der Waals surface area contributed by atoms with Gasteiger partial charge in [-0.15, -0.1) is 0 Å². The van der Waals surface area contributed by atoms with Gasteiger partial charge in [0.15, 0.2) is 14.0 Å². The minimum atomic E-state index is -3.54. The van der Waals surface area contributed by atoms with Crippen LogP contribution in [0.2, 0.25) is 0 Å². The van der Waals surface area contributed by atoms with Crippen molar-refractivity contribution in [2.45, 2.75) is 31.1 Å². The predicted molar refractivity (Wildman–Crippen MR) is 69.9 cm³/mol. The Labute approximate surface area is 107 Å². The Balaban J connectivity index is 3.12. The van der Waals surface area contributed by atoms with Gasteiger partial charge in [-0.05, 0) is 19.4 Å². The Kier molecular flexibility index (Phi) is 4.23. The molecule has 0 unspecified atom stereocenters. The average Bonchev–Trinajstić information content (AvgIpc) is 2.28. The molecule has 0 spiro atoms. The number of sulfone groups is 1. The van der Waals surface area contributed by atoms with Crippen LogP contribution in [-0.4, -0.2) is 23.5 Å². The molecule has 0 aliphatic heterocycles. The summed E-state index contributed by atoms with van der Waals surface area (Å²) in [6.07, 6.45) is -1.24. The second-order valence-corrected chi connectivity index (χ2v) is 7.87. The average molecular weight is 277 g/mol. The van der Waals surface area contributed by atoms with Crippen LogP contribution in [0, 0.1) is 6.92 Å². The van der Waals surface area contributed by atoms with Crippen LogP contribution in [0.3, 0.4) is 0 Å². The molecule has 0 fully saturated rings. The minimum Gasteiger partial charge on any atom is -0.385 e. The van der Waals surface area contributed by atoms with Crippen molar-refractivity contribution in [3.8, 4) is 0 Å². The van der Waals surface area contributed by atoms with E-state index < -0.39 is 20.1 Å². The summed E-state index contributed by atoms with van der Waals surface area (Å²) in [5.41, 5.74) is 1.54. The van der Waals surface area contributed by atoms with Gasteiger partial charge < -0.3 is 5.11 Å². The standard InChI is InChI=1S/C12H17ClO3S/c1-4-17(15,16)12(3,13)11(14)10-7-5-9(2)6-8-10/h5-8,11,14H,4H2,1-3H3/t11-,12-/m0/s1. The van der Waals surface area contributed by atoms with E-state index in [1.807, 2.05) is 19.1 Å². The van der Waals surface area contributed by atoms with Crippen molar-refractivity contribution in [3.63, 3.8) is 0 Å². The molecule has 0 bridgehead atoms. The van der Waals surface area contributed by atoms with Crippen LogP contribution in [0.25, 0.3) is 0 Å². The van der Waals surface area contributed by atoms with Gasteiger partial charge >= 0.3 is 0 Å². The van der Waals surface area contributed by atoms with Gasteiger partial charge in [0.1, 0.15) is 6.10 Å². The Morgan fingerprint density at radius 2 is 1.82 bits per heavy atom. The van der Waals surface area contributed by atoms with Crippen LogP contribution >= 0.6 is 11.6 Å². The summed E-state index contributed by atoms with van der Waals surface area (Å²) in [5.74, 6) is -0.101. The smallest absolute Gasteiger partial charge is 0.172 e. The Hall–Kier alpha value is -0.580. The van der Waals surface area contributed by atoms with Crippen molar-refractivity contribution in [1.82, 2.24) is 0 Å². The third-order valence-corrected chi connectivity index (χ3v) is 5.98. The van der Waals surface area contributed by atoms with E-state index in [1.165, 1.54) is 13.8 Å². The Bertz CT molecular complexity index is 477. The third kappa shape index (κ3) is 2.81. The minimum absolute atomic E-state index is 0.101. The second-order valence-electron chi connectivity index (χ2n) is 4.20. The normalized spacial score (nSPS) is 17.5. The first-order valence-corrected chi connectivity index (χ1v) is 7.41. The molecule has 1 N–H and O–H groups in total. The molecule has 0 aliphatic rings. The maximum atomic E-state index is 11.8. The topological polar surface area (TPSA) is 54.4 Å². The third-order valence-electron chi connectivity index (χ3n) is 2.87. The zero-order valence-corrected chi connectivity index (χ0v) is 11.7. The van der Waals surface area contributed by atoms with Crippen molar-refractivity contribution < 1.29 is 13.5 Å². The first-order chi connectivity index (χ1) is 7.72. The van der Waals surface area contributed by atoms with Crippen LogP contribution < -0.4 is 0 Å². The highest BCUT2D eigenvalue weighted by atomic mass is 35.5. The molecule has 0 saturated carbocycles. The molecule has 1 aromatic carbocycles. The zero-order valence-electron chi connectivity index (χ0n) is 10.1. The summed E-state index contributed by atoms with van der Waals surface area (Å²) < 4.78 is 21.9. The fourth-order valence-electron chi connectivity index (χ4n) is 1.50. The first-order valence-electron chi connectivity index (χ1n) is 5.38. The highest BCUT2D eigenvalue weighted by molar-refractivity contribution is 7.94. The van der Waals surface area contributed by atoms with Crippen LogP contribution in [0.15, 0.2) is 24.3 Å². The maximum absolute atomic E-state index is 11.8. The van der Waals surface area contributed by atoms with E-state index in [2.05, 4.69) is 0 Å². The monoisotopic (exact) mass is 276 g/mol. The van der Waals surface area contributed by atoms with Gasteiger partial charge in [0.2, 0.25) is 0 Å². The summed E-state index contributed by atoms with van der Waals surface area (Å²) in [6.45, 7) is 4.76.